The summed E-state index contributed by atoms with van der Waals surface area (Å²) in [5.41, 5.74) is -1.02. The summed E-state index contributed by atoms with van der Waals surface area (Å²) in [7, 11) is 2.60. The highest BCUT2D eigenvalue weighted by molar-refractivity contribution is 6.05. The lowest BCUT2D eigenvalue weighted by atomic mass is 9.81. The molecule has 0 radical (unpaired) electrons. The van der Waals surface area contributed by atoms with Gasteiger partial charge >= 0.3 is 11.9 Å². The fourth-order valence-electron chi connectivity index (χ4n) is 2.48. The molecule has 112 valence electrons. The predicted octanol–water partition coefficient (Wildman–Crippen LogP) is 1.31. The quantitative estimate of drug-likeness (QED) is 0.417. The highest BCUT2D eigenvalue weighted by atomic mass is 16.5. The normalized spacial score (nSPS) is 23.9. The lowest BCUT2D eigenvalue weighted by Crippen LogP contribution is -2.36. The Morgan fingerprint density at radius 3 is 2.60 bits per heavy atom. The summed E-state index contributed by atoms with van der Waals surface area (Å²) in [6, 6.07) is -0.576. The smallest absolute Gasteiger partial charge is 0.330 e. The van der Waals surface area contributed by atoms with Crippen molar-refractivity contribution in [2.24, 2.45) is 10.4 Å². The standard InChI is InChI=1S/C14H21NO5/c1-10(12(17)19-2)15-9-5-8-14(13(18)20-3)7-4-6-11(14)16/h9-10H,4-8H2,1-3H3. The number of carbonyl (C=O) groups excluding carboxylic acids is 3. The van der Waals surface area contributed by atoms with Crippen LogP contribution in [-0.4, -0.2) is 44.2 Å². The molecular formula is C14H21NO5. The molecule has 0 heterocycles. The summed E-state index contributed by atoms with van der Waals surface area (Å²) in [6.07, 6.45) is 4.04. The van der Waals surface area contributed by atoms with Gasteiger partial charge in [0.25, 0.3) is 0 Å². The van der Waals surface area contributed by atoms with Gasteiger partial charge in [0.2, 0.25) is 0 Å². The maximum atomic E-state index is 12.0. The minimum atomic E-state index is -1.02. The minimum Gasteiger partial charge on any atom is -0.468 e. The van der Waals surface area contributed by atoms with E-state index in [0.29, 0.717) is 32.1 Å². The maximum absolute atomic E-state index is 12.0. The molecule has 0 aromatic rings. The lowest BCUT2D eigenvalue weighted by Gasteiger charge is -2.23. The van der Waals surface area contributed by atoms with E-state index in [-0.39, 0.29) is 5.78 Å². The van der Waals surface area contributed by atoms with Gasteiger partial charge in [0.1, 0.15) is 17.2 Å². The van der Waals surface area contributed by atoms with Crippen molar-refractivity contribution >= 4 is 23.9 Å². The summed E-state index contributed by atoms with van der Waals surface area (Å²) in [5.74, 6) is -0.936. The van der Waals surface area contributed by atoms with Crippen LogP contribution in [0.3, 0.4) is 0 Å². The molecule has 0 bridgehead atoms. The first-order valence-corrected chi connectivity index (χ1v) is 6.69. The highest BCUT2D eigenvalue weighted by Crippen LogP contribution is 2.39. The van der Waals surface area contributed by atoms with Gasteiger partial charge in [-0.1, -0.05) is 0 Å². The molecule has 1 rings (SSSR count). The number of Topliss-reactive ketones (excluding diaryl/α,β-unsaturated/α-hetero) is 1. The first-order valence-electron chi connectivity index (χ1n) is 6.69. The molecule has 20 heavy (non-hydrogen) atoms. The molecule has 1 aliphatic carbocycles. The molecule has 0 saturated heterocycles. The predicted molar refractivity (Wildman–Crippen MR) is 72.5 cm³/mol. The molecule has 2 atom stereocenters. The van der Waals surface area contributed by atoms with E-state index in [1.807, 2.05) is 0 Å². The van der Waals surface area contributed by atoms with Crippen molar-refractivity contribution in [2.45, 2.75) is 45.1 Å². The maximum Gasteiger partial charge on any atom is 0.330 e. The second-order valence-electron chi connectivity index (χ2n) is 4.92. The van der Waals surface area contributed by atoms with Gasteiger partial charge in [-0.2, -0.15) is 0 Å². The fourth-order valence-corrected chi connectivity index (χ4v) is 2.48. The van der Waals surface area contributed by atoms with Crippen LogP contribution < -0.4 is 0 Å². The number of methoxy groups -OCH3 is 2. The highest BCUT2D eigenvalue weighted by Gasteiger charge is 2.48. The number of hydrogen-bond donors (Lipinski definition) is 0. The van der Waals surface area contributed by atoms with Crippen molar-refractivity contribution in [2.75, 3.05) is 14.2 Å². The third-order valence-electron chi connectivity index (χ3n) is 3.69. The Labute approximate surface area is 118 Å². The van der Waals surface area contributed by atoms with Crippen LogP contribution in [0.25, 0.3) is 0 Å². The van der Waals surface area contributed by atoms with E-state index in [1.165, 1.54) is 14.2 Å². The molecule has 0 aromatic heterocycles. The number of aliphatic imine (C=N–C) groups is 1. The number of esters is 2. The van der Waals surface area contributed by atoms with E-state index in [1.54, 1.807) is 13.1 Å². The van der Waals surface area contributed by atoms with Crippen LogP contribution in [-0.2, 0) is 23.9 Å². The summed E-state index contributed by atoms with van der Waals surface area (Å²) < 4.78 is 9.32. The van der Waals surface area contributed by atoms with Gasteiger partial charge in [-0.3, -0.25) is 14.6 Å². The summed E-state index contributed by atoms with van der Waals surface area (Å²) in [6.45, 7) is 1.62. The van der Waals surface area contributed by atoms with Crippen LogP contribution in [0, 0.1) is 5.41 Å². The first-order chi connectivity index (χ1) is 9.47. The molecule has 0 N–H and O–H groups in total. The monoisotopic (exact) mass is 283 g/mol. The third kappa shape index (κ3) is 3.43. The average molecular weight is 283 g/mol. The molecule has 6 heteroatoms. The number of ether oxygens (including phenoxy) is 2. The molecule has 0 aromatic carbocycles. The van der Waals surface area contributed by atoms with Gasteiger partial charge in [-0.25, -0.2) is 4.79 Å². The molecule has 6 nitrogen and oxygen atoms in total. The van der Waals surface area contributed by atoms with E-state index < -0.39 is 23.4 Å². The number of hydrogen-bond acceptors (Lipinski definition) is 6. The van der Waals surface area contributed by atoms with Crippen molar-refractivity contribution in [1.82, 2.24) is 0 Å². The number of nitrogens with zero attached hydrogens (tertiary/aromatic N) is 1. The van der Waals surface area contributed by atoms with Crippen LogP contribution in [0.5, 0.6) is 0 Å². The lowest BCUT2D eigenvalue weighted by molar-refractivity contribution is -0.157. The van der Waals surface area contributed by atoms with Gasteiger partial charge in [-0.15, -0.1) is 0 Å². The van der Waals surface area contributed by atoms with Crippen molar-refractivity contribution in [3.63, 3.8) is 0 Å². The molecule has 0 spiro atoms. The van der Waals surface area contributed by atoms with E-state index in [9.17, 15) is 14.4 Å². The van der Waals surface area contributed by atoms with Gasteiger partial charge in [0.05, 0.1) is 14.2 Å². The molecular weight excluding hydrogens is 262 g/mol. The van der Waals surface area contributed by atoms with Gasteiger partial charge in [0, 0.05) is 6.42 Å². The third-order valence-corrected chi connectivity index (χ3v) is 3.69. The zero-order valence-electron chi connectivity index (χ0n) is 12.2. The van der Waals surface area contributed by atoms with Crippen LogP contribution in [0.15, 0.2) is 4.99 Å². The second kappa shape index (κ2) is 7.17. The topological polar surface area (TPSA) is 82.0 Å². The number of ketones is 1. The summed E-state index contributed by atoms with van der Waals surface area (Å²) >= 11 is 0. The fraction of sp³-hybridized carbons (Fsp3) is 0.714. The zero-order chi connectivity index (χ0) is 15.2. The van der Waals surface area contributed by atoms with E-state index >= 15 is 0 Å². The van der Waals surface area contributed by atoms with Crippen LogP contribution in [0.1, 0.15) is 39.0 Å². The number of rotatable bonds is 6. The first kappa shape index (κ1) is 16.3. The van der Waals surface area contributed by atoms with Crippen molar-refractivity contribution in [1.29, 1.82) is 0 Å². The summed E-state index contributed by atoms with van der Waals surface area (Å²) in [5, 5.41) is 0. The van der Waals surface area contributed by atoms with Crippen molar-refractivity contribution in [3.8, 4) is 0 Å². The second-order valence-corrected chi connectivity index (χ2v) is 4.92. The Hall–Kier alpha value is -1.72. The Bertz CT molecular complexity index is 418. The molecule has 1 aliphatic rings. The average Bonchev–Trinajstić information content (AvgIpc) is 2.83. The van der Waals surface area contributed by atoms with Crippen LogP contribution in [0.2, 0.25) is 0 Å². The molecule has 0 aliphatic heterocycles. The minimum absolute atomic E-state index is 0.0567. The Kier molecular flexibility index (Phi) is 5.85. The van der Waals surface area contributed by atoms with Crippen LogP contribution in [0.4, 0.5) is 0 Å². The molecule has 2 unspecified atom stereocenters. The van der Waals surface area contributed by atoms with E-state index in [2.05, 4.69) is 9.73 Å². The Morgan fingerprint density at radius 2 is 2.10 bits per heavy atom. The van der Waals surface area contributed by atoms with Crippen LogP contribution >= 0.6 is 0 Å². The summed E-state index contributed by atoms with van der Waals surface area (Å²) in [4.78, 5) is 39.0. The van der Waals surface area contributed by atoms with E-state index in [4.69, 9.17) is 4.74 Å². The molecule has 1 saturated carbocycles. The molecule has 1 fully saturated rings. The van der Waals surface area contributed by atoms with Crippen molar-refractivity contribution < 1.29 is 23.9 Å². The number of carbonyl (C=O) groups is 3. The Balaban J connectivity index is 2.61. The zero-order valence-corrected chi connectivity index (χ0v) is 12.2. The van der Waals surface area contributed by atoms with Gasteiger partial charge < -0.3 is 9.47 Å². The van der Waals surface area contributed by atoms with Gasteiger partial charge in [-0.05, 0) is 38.8 Å². The van der Waals surface area contributed by atoms with Crippen molar-refractivity contribution in [3.05, 3.63) is 0 Å². The SMILES string of the molecule is COC(=O)C(C)N=CCCC1(C(=O)OC)CCCC1=O. The van der Waals surface area contributed by atoms with Gasteiger partial charge in [0.15, 0.2) is 0 Å². The largest absolute Gasteiger partial charge is 0.468 e. The van der Waals surface area contributed by atoms with E-state index in [0.717, 1.165) is 0 Å². The Morgan fingerprint density at radius 1 is 1.40 bits per heavy atom. The molecule has 0 amide bonds.